The van der Waals surface area contributed by atoms with Gasteiger partial charge in [0.1, 0.15) is 6.54 Å². The first-order chi connectivity index (χ1) is 16.4. The molecule has 1 fully saturated rings. The van der Waals surface area contributed by atoms with Crippen LogP contribution >= 0.6 is 0 Å². The molecular weight excluding hydrogens is 452 g/mol. The summed E-state index contributed by atoms with van der Waals surface area (Å²) in [4.78, 5) is 11.7. The minimum Gasteiger partial charge on any atom is -0.341 e. The fourth-order valence-electron chi connectivity index (χ4n) is 5.02. The zero-order chi connectivity index (χ0) is 23.9. The number of hydrogen-bond donors (Lipinski definition) is 1. The van der Waals surface area contributed by atoms with Crippen molar-refractivity contribution in [3.63, 3.8) is 0 Å². The maximum absolute atomic E-state index is 13.1. The number of aromatic nitrogens is 1. The molecule has 3 aromatic carbocycles. The van der Waals surface area contributed by atoms with Crippen LogP contribution < -0.4 is 4.90 Å². The van der Waals surface area contributed by atoms with Crippen LogP contribution in [0.5, 0.6) is 0 Å². The van der Waals surface area contributed by atoms with Crippen LogP contribution in [-0.2, 0) is 23.1 Å². The molecule has 4 aromatic rings. The molecule has 0 atom stereocenters. The van der Waals surface area contributed by atoms with Gasteiger partial charge in [-0.3, -0.25) is 10.1 Å². The number of hydrogen-bond acceptors (Lipinski definition) is 4. The first-order valence-electron chi connectivity index (χ1n) is 11.5. The molecule has 1 aliphatic rings. The Morgan fingerprint density at radius 3 is 2.35 bits per heavy atom. The molecule has 0 unspecified atom stereocenters. The van der Waals surface area contributed by atoms with E-state index in [2.05, 4.69) is 54.0 Å². The molecule has 5 rings (SSSR count). The number of quaternary nitrogens is 1. The van der Waals surface area contributed by atoms with Gasteiger partial charge in [-0.15, -0.1) is 0 Å². The van der Waals surface area contributed by atoms with E-state index in [1.54, 1.807) is 0 Å². The number of rotatable bonds is 6. The minimum absolute atomic E-state index is 0.235. The van der Waals surface area contributed by atoms with Gasteiger partial charge in [-0.1, -0.05) is 36.4 Å². The number of piperazine rings is 1. The molecule has 0 radical (unpaired) electrons. The number of nitro benzene ring substituents is 1. The van der Waals surface area contributed by atoms with Crippen LogP contribution in [0.15, 0.2) is 71.6 Å². The number of benzene rings is 3. The third-order valence-corrected chi connectivity index (χ3v) is 8.66. The van der Waals surface area contributed by atoms with Crippen molar-refractivity contribution in [2.24, 2.45) is 0 Å². The van der Waals surface area contributed by atoms with E-state index in [0.717, 1.165) is 13.1 Å². The SMILES string of the molecule is CCn1c2ccccc2c2cc(C[NH+]3CCN(S(=O)(=O)c4ccccc4[N+](=O)[O-])CC3)ccc21. The van der Waals surface area contributed by atoms with Crippen LogP contribution in [0, 0.1) is 10.1 Å². The van der Waals surface area contributed by atoms with Crippen molar-refractivity contribution in [2.75, 3.05) is 26.2 Å². The summed E-state index contributed by atoms with van der Waals surface area (Å²) in [7, 11) is -3.91. The molecule has 0 aliphatic carbocycles. The third-order valence-electron chi connectivity index (χ3n) is 6.72. The molecule has 1 aromatic heterocycles. The molecule has 1 saturated heterocycles. The second-order valence-electron chi connectivity index (χ2n) is 8.67. The lowest BCUT2D eigenvalue weighted by molar-refractivity contribution is -0.917. The molecule has 0 spiro atoms. The lowest BCUT2D eigenvalue weighted by atomic mass is 10.1. The fourth-order valence-corrected chi connectivity index (χ4v) is 6.62. The summed E-state index contributed by atoms with van der Waals surface area (Å²) >= 11 is 0. The van der Waals surface area contributed by atoms with Gasteiger partial charge in [0.15, 0.2) is 4.90 Å². The molecule has 1 N–H and O–H groups in total. The van der Waals surface area contributed by atoms with Crippen LogP contribution in [0.4, 0.5) is 5.69 Å². The summed E-state index contributed by atoms with van der Waals surface area (Å²) in [6.45, 7) is 5.83. The number of nitrogens with one attached hydrogen (secondary N) is 1. The Kier molecular flexibility index (Phi) is 5.85. The molecular formula is C25H27N4O4S+. The second-order valence-corrected chi connectivity index (χ2v) is 10.6. The third kappa shape index (κ3) is 3.85. The number of aryl methyl sites for hydroxylation is 1. The van der Waals surface area contributed by atoms with Crippen molar-refractivity contribution in [3.05, 3.63) is 82.4 Å². The number of sulfonamides is 1. The van der Waals surface area contributed by atoms with Crippen molar-refractivity contribution >= 4 is 37.5 Å². The summed E-state index contributed by atoms with van der Waals surface area (Å²) in [5, 5.41) is 13.8. The lowest BCUT2D eigenvalue weighted by Gasteiger charge is -2.31. The average Bonchev–Trinajstić information content (AvgIpc) is 3.17. The zero-order valence-electron chi connectivity index (χ0n) is 19.0. The smallest absolute Gasteiger partial charge is 0.289 e. The summed E-state index contributed by atoms with van der Waals surface area (Å²) in [6.07, 6.45) is 0. The number of para-hydroxylation sites is 2. The average molecular weight is 480 g/mol. The van der Waals surface area contributed by atoms with Gasteiger partial charge in [0.05, 0.1) is 31.1 Å². The van der Waals surface area contributed by atoms with Crippen molar-refractivity contribution in [2.45, 2.75) is 24.9 Å². The molecule has 0 bridgehead atoms. The molecule has 1 aliphatic heterocycles. The van der Waals surface area contributed by atoms with E-state index in [-0.39, 0.29) is 10.6 Å². The van der Waals surface area contributed by atoms with Crippen LogP contribution in [0.3, 0.4) is 0 Å². The van der Waals surface area contributed by atoms with E-state index in [1.165, 1.54) is 60.8 Å². The Labute approximate surface area is 198 Å². The Balaban J connectivity index is 1.33. The van der Waals surface area contributed by atoms with Gasteiger partial charge in [-0.05, 0) is 31.2 Å². The highest BCUT2D eigenvalue weighted by molar-refractivity contribution is 7.89. The highest BCUT2D eigenvalue weighted by Gasteiger charge is 2.34. The topological polar surface area (TPSA) is 89.9 Å². The van der Waals surface area contributed by atoms with E-state index in [4.69, 9.17) is 0 Å². The van der Waals surface area contributed by atoms with Gasteiger partial charge in [0.2, 0.25) is 10.0 Å². The van der Waals surface area contributed by atoms with Crippen LogP contribution in [0.1, 0.15) is 12.5 Å². The largest absolute Gasteiger partial charge is 0.341 e. The zero-order valence-corrected chi connectivity index (χ0v) is 19.8. The highest BCUT2D eigenvalue weighted by atomic mass is 32.2. The number of nitro groups is 1. The van der Waals surface area contributed by atoms with Crippen molar-refractivity contribution in [1.82, 2.24) is 8.87 Å². The van der Waals surface area contributed by atoms with E-state index in [0.29, 0.717) is 26.2 Å². The quantitative estimate of drug-likeness (QED) is 0.340. The van der Waals surface area contributed by atoms with Crippen molar-refractivity contribution in [3.8, 4) is 0 Å². The Hall–Kier alpha value is -3.27. The van der Waals surface area contributed by atoms with Gasteiger partial charge in [0, 0.05) is 40.0 Å². The summed E-state index contributed by atoms with van der Waals surface area (Å²) < 4.78 is 29.9. The normalized spacial score (nSPS) is 15.8. The van der Waals surface area contributed by atoms with Crippen molar-refractivity contribution < 1.29 is 18.2 Å². The van der Waals surface area contributed by atoms with Gasteiger partial charge in [0.25, 0.3) is 5.69 Å². The Bertz CT molecular complexity index is 1490. The van der Waals surface area contributed by atoms with Gasteiger partial charge in [-0.2, -0.15) is 4.31 Å². The molecule has 176 valence electrons. The molecule has 0 amide bonds. The molecule has 0 saturated carbocycles. The Morgan fingerprint density at radius 2 is 1.62 bits per heavy atom. The maximum atomic E-state index is 13.1. The lowest BCUT2D eigenvalue weighted by Crippen LogP contribution is -3.13. The summed E-state index contributed by atoms with van der Waals surface area (Å²) in [6, 6.07) is 20.6. The molecule has 8 nitrogen and oxygen atoms in total. The predicted octanol–water partition coefficient (Wildman–Crippen LogP) is 2.81. The monoisotopic (exact) mass is 479 g/mol. The maximum Gasteiger partial charge on any atom is 0.289 e. The molecule has 9 heteroatoms. The van der Waals surface area contributed by atoms with E-state index < -0.39 is 14.9 Å². The number of fused-ring (bicyclic) bond motifs is 3. The minimum atomic E-state index is -3.91. The van der Waals surface area contributed by atoms with Gasteiger partial charge in [-0.25, -0.2) is 8.42 Å². The summed E-state index contributed by atoms with van der Waals surface area (Å²) in [5.74, 6) is 0. The fraction of sp³-hybridized carbons (Fsp3) is 0.280. The molecule has 2 heterocycles. The Morgan fingerprint density at radius 1 is 0.941 bits per heavy atom. The highest BCUT2D eigenvalue weighted by Crippen LogP contribution is 2.30. The first kappa shape index (κ1) is 22.5. The molecule has 34 heavy (non-hydrogen) atoms. The van der Waals surface area contributed by atoms with Gasteiger partial charge >= 0.3 is 0 Å². The number of nitrogens with zero attached hydrogens (tertiary/aromatic N) is 3. The standard InChI is InChI=1S/C25H26N4O4S/c1-2-28-22-8-4-3-7-20(22)21-17-19(11-12-23(21)28)18-26-13-15-27(16-14-26)34(32,33)25-10-6-5-9-24(25)29(30)31/h3-12,17H,2,13-16,18H2,1H3/p+1. The van der Waals surface area contributed by atoms with Crippen molar-refractivity contribution in [1.29, 1.82) is 0 Å². The van der Waals surface area contributed by atoms with Crippen LogP contribution in [0.25, 0.3) is 21.8 Å². The summed E-state index contributed by atoms with van der Waals surface area (Å²) in [5.41, 5.74) is 3.30. The van der Waals surface area contributed by atoms with Crippen LogP contribution in [0.2, 0.25) is 0 Å². The van der Waals surface area contributed by atoms with E-state index in [1.807, 2.05) is 0 Å². The first-order valence-corrected chi connectivity index (χ1v) is 12.9. The predicted molar refractivity (Wildman–Crippen MR) is 131 cm³/mol. The van der Waals surface area contributed by atoms with Crippen LogP contribution in [-0.4, -0.2) is 48.4 Å². The van der Waals surface area contributed by atoms with E-state index >= 15 is 0 Å². The van der Waals surface area contributed by atoms with Gasteiger partial charge < -0.3 is 9.47 Å². The second kappa shape index (κ2) is 8.83. The van der Waals surface area contributed by atoms with E-state index in [9.17, 15) is 18.5 Å².